The zero-order valence-corrected chi connectivity index (χ0v) is 10.5. The van der Waals surface area contributed by atoms with E-state index < -0.39 is 0 Å². The molecular weight excluding hydrogens is 246 g/mol. The van der Waals surface area contributed by atoms with Crippen molar-refractivity contribution >= 4 is 22.7 Å². The van der Waals surface area contributed by atoms with Crippen molar-refractivity contribution < 1.29 is 14.7 Å². The lowest BCUT2D eigenvalue weighted by Gasteiger charge is -2.05. The molecule has 0 spiro atoms. The first-order chi connectivity index (χ1) is 9.15. The fourth-order valence-electron chi connectivity index (χ4n) is 1.90. The molecule has 2 aromatic rings. The van der Waals surface area contributed by atoms with Crippen LogP contribution in [-0.4, -0.2) is 28.2 Å². The summed E-state index contributed by atoms with van der Waals surface area (Å²) in [5.74, 6) is -0.222. The Morgan fingerprint density at radius 1 is 1.47 bits per heavy atom. The summed E-state index contributed by atoms with van der Waals surface area (Å²) in [6.45, 7) is 2.31. The predicted molar refractivity (Wildman–Crippen MR) is 71.1 cm³/mol. The summed E-state index contributed by atoms with van der Waals surface area (Å²) in [6, 6.07) is 7.22. The summed E-state index contributed by atoms with van der Waals surface area (Å²) in [5, 5.41) is 12.5. The molecule has 100 valence electrons. The second-order valence-electron chi connectivity index (χ2n) is 4.01. The fraction of sp³-hybridized carbons (Fsp3) is 0.231. The summed E-state index contributed by atoms with van der Waals surface area (Å²) >= 11 is 0. The van der Waals surface area contributed by atoms with Crippen molar-refractivity contribution in [3.05, 3.63) is 36.0 Å². The topological polar surface area (TPSA) is 89.8 Å². The van der Waals surface area contributed by atoms with Crippen LogP contribution in [0.4, 0.5) is 0 Å². The van der Waals surface area contributed by atoms with Crippen LogP contribution in [0, 0.1) is 0 Å². The molecule has 19 heavy (non-hydrogen) atoms. The minimum Gasteiger partial charge on any atom is -0.465 e. The fourth-order valence-corrected chi connectivity index (χ4v) is 1.90. The van der Waals surface area contributed by atoms with Crippen LogP contribution in [-0.2, 0) is 16.1 Å². The molecule has 0 unspecified atom stereocenters. The van der Waals surface area contributed by atoms with Gasteiger partial charge in [0.2, 0.25) is 0 Å². The van der Waals surface area contributed by atoms with Gasteiger partial charge in [0.15, 0.2) is 5.84 Å². The molecule has 6 nitrogen and oxygen atoms in total. The van der Waals surface area contributed by atoms with Gasteiger partial charge in [-0.25, -0.2) is 0 Å². The van der Waals surface area contributed by atoms with Gasteiger partial charge in [-0.1, -0.05) is 5.16 Å². The van der Waals surface area contributed by atoms with Gasteiger partial charge in [0.1, 0.15) is 6.54 Å². The Kier molecular flexibility index (Phi) is 3.70. The van der Waals surface area contributed by atoms with Gasteiger partial charge in [0.25, 0.3) is 0 Å². The summed E-state index contributed by atoms with van der Waals surface area (Å²) in [4.78, 5) is 11.5. The molecule has 6 heteroatoms. The van der Waals surface area contributed by atoms with Gasteiger partial charge in [-0.2, -0.15) is 0 Å². The number of aromatic nitrogens is 1. The molecule has 0 saturated carbocycles. The minimum absolute atomic E-state index is 0.0556. The zero-order valence-electron chi connectivity index (χ0n) is 10.5. The lowest BCUT2D eigenvalue weighted by atomic mass is 10.1. The Labute approximate surface area is 110 Å². The number of rotatable bonds is 4. The van der Waals surface area contributed by atoms with Crippen molar-refractivity contribution in [2.45, 2.75) is 13.5 Å². The monoisotopic (exact) mass is 261 g/mol. The number of fused-ring (bicyclic) bond motifs is 1. The van der Waals surface area contributed by atoms with Crippen molar-refractivity contribution in [2.24, 2.45) is 10.9 Å². The third kappa shape index (κ3) is 2.67. The molecule has 1 heterocycles. The molecule has 1 aromatic carbocycles. The van der Waals surface area contributed by atoms with Crippen molar-refractivity contribution in [3.8, 4) is 0 Å². The van der Waals surface area contributed by atoms with Crippen LogP contribution < -0.4 is 5.73 Å². The van der Waals surface area contributed by atoms with Crippen molar-refractivity contribution in [3.63, 3.8) is 0 Å². The van der Waals surface area contributed by atoms with Crippen LogP contribution in [0.3, 0.4) is 0 Å². The summed E-state index contributed by atoms with van der Waals surface area (Å²) in [6.07, 6.45) is 1.80. The van der Waals surface area contributed by atoms with Crippen LogP contribution in [0.15, 0.2) is 35.6 Å². The van der Waals surface area contributed by atoms with Gasteiger partial charge in [-0.3, -0.25) is 4.79 Å². The predicted octanol–water partition coefficient (Wildman–Crippen LogP) is 1.30. The molecule has 0 aliphatic heterocycles. The number of carbonyl (C=O) groups is 1. The molecule has 0 bridgehead atoms. The Morgan fingerprint density at radius 3 is 2.95 bits per heavy atom. The van der Waals surface area contributed by atoms with Crippen molar-refractivity contribution in [1.82, 2.24) is 4.57 Å². The summed E-state index contributed by atoms with van der Waals surface area (Å²) < 4.78 is 6.71. The molecule has 0 aliphatic carbocycles. The van der Waals surface area contributed by atoms with Gasteiger partial charge in [0, 0.05) is 22.7 Å². The SMILES string of the molecule is CCOC(=O)Cn1ccc2cc(/C(N)=N/O)ccc21. The third-order valence-corrected chi connectivity index (χ3v) is 2.78. The first kappa shape index (κ1) is 12.9. The largest absolute Gasteiger partial charge is 0.465 e. The van der Waals surface area contributed by atoms with Crippen LogP contribution in [0.5, 0.6) is 0 Å². The van der Waals surface area contributed by atoms with Crippen molar-refractivity contribution in [2.75, 3.05) is 6.61 Å². The van der Waals surface area contributed by atoms with Gasteiger partial charge < -0.3 is 20.2 Å². The normalized spacial score (nSPS) is 11.7. The molecule has 0 saturated heterocycles. The highest BCUT2D eigenvalue weighted by atomic mass is 16.5. The highest BCUT2D eigenvalue weighted by Crippen LogP contribution is 2.17. The standard InChI is InChI=1S/C13H15N3O3/c1-2-19-12(17)8-16-6-5-9-7-10(13(14)15-18)3-4-11(9)16/h3-7,18H,2,8H2,1H3,(H2,14,15). The summed E-state index contributed by atoms with van der Waals surface area (Å²) in [7, 11) is 0. The molecule has 3 N–H and O–H groups in total. The van der Waals surface area contributed by atoms with Gasteiger partial charge in [0.05, 0.1) is 6.61 Å². The minimum atomic E-state index is -0.277. The van der Waals surface area contributed by atoms with Crippen LogP contribution >= 0.6 is 0 Å². The maximum Gasteiger partial charge on any atom is 0.325 e. The lowest BCUT2D eigenvalue weighted by Crippen LogP contribution is -2.13. The number of carbonyl (C=O) groups excluding carboxylic acids is 1. The molecule has 2 rings (SSSR count). The van der Waals surface area contributed by atoms with Crippen LogP contribution in [0.2, 0.25) is 0 Å². The Hall–Kier alpha value is -2.50. The maximum absolute atomic E-state index is 11.5. The van der Waals surface area contributed by atoms with E-state index in [1.165, 1.54) is 0 Å². The number of benzene rings is 1. The molecule has 0 aliphatic rings. The van der Waals surface area contributed by atoms with E-state index in [9.17, 15) is 4.79 Å². The molecule has 0 amide bonds. The molecule has 1 aromatic heterocycles. The quantitative estimate of drug-likeness (QED) is 0.285. The second-order valence-corrected chi connectivity index (χ2v) is 4.01. The van der Waals surface area contributed by atoms with E-state index >= 15 is 0 Å². The maximum atomic E-state index is 11.5. The van der Waals surface area contributed by atoms with E-state index in [-0.39, 0.29) is 18.3 Å². The van der Waals surface area contributed by atoms with E-state index in [1.807, 2.05) is 12.1 Å². The van der Waals surface area contributed by atoms with Crippen LogP contribution in [0.25, 0.3) is 10.9 Å². The third-order valence-electron chi connectivity index (χ3n) is 2.78. The number of nitrogens with two attached hydrogens (primary N) is 1. The lowest BCUT2D eigenvalue weighted by molar-refractivity contribution is -0.143. The van der Waals surface area contributed by atoms with Gasteiger partial charge in [-0.05, 0) is 31.2 Å². The number of esters is 1. The number of amidine groups is 1. The Bertz CT molecular complexity index is 631. The average molecular weight is 261 g/mol. The Balaban J connectivity index is 2.32. The summed E-state index contributed by atoms with van der Waals surface area (Å²) in [5.41, 5.74) is 7.05. The number of nitrogens with zero attached hydrogens (tertiary/aromatic N) is 2. The number of oxime groups is 1. The van der Waals surface area contributed by atoms with E-state index in [0.29, 0.717) is 12.2 Å². The van der Waals surface area contributed by atoms with E-state index in [4.69, 9.17) is 15.7 Å². The molecule has 0 atom stereocenters. The number of hydrogen-bond acceptors (Lipinski definition) is 4. The van der Waals surface area contributed by atoms with E-state index in [0.717, 1.165) is 10.9 Å². The van der Waals surface area contributed by atoms with E-state index in [1.54, 1.807) is 29.8 Å². The average Bonchev–Trinajstić information content (AvgIpc) is 2.80. The second kappa shape index (κ2) is 5.43. The highest BCUT2D eigenvalue weighted by molar-refractivity contribution is 6.00. The first-order valence-corrected chi connectivity index (χ1v) is 5.88. The number of hydrogen-bond donors (Lipinski definition) is 2. The molecular formula is C13H15N3O3. The first-order valence-electron chi connectivity index (χ1n) is 5.88. The zero-order chi connectivity index (χ0) is 13.8. The van der Waals surface area contributed by atoms with Gasteiger partial charge >= 0.3 is 5.97 Å². The number of ether oxygens (including phenoxy) is 1. The van der Waals surface area contributed by atoms with Gasteiger partial charge in [-0.15, -0.1) is 0 Å². The van der Waals surface area contributed by atoms with Crippen LogP contribution in [0.1, 0.15) is 12.5 Å². The van der Waals surface area contributed by atoms with Crippen molar-refractivity contribution in [1.29, 1.82) is 0 Å². The molecule has 0 fully saturated rings. The smallest absolute Gasteiger partial charge is 0.325 e. The van der Waals surface area contributed by atoms with E-state index in [2.05, 4.69) is 5.16 Å². The molecule has 0 radical (unpaired) electrons. The highest BCUT2D eigenvalue weighted by Gasteiger charge is 2.08. The Morgan fingerprint density at radius 2 is 2.26 bits per heavy atom.